The largest absolute Gasteiger partial charge is 0.306 e. The molecule has 18 heavy (non-hydrogen) atoms. The zero-order valence-corrected chi connectivity index (χ0v) is 11.3. The normalized spacial score (nSPS) is 17.2. The van der Waals surface area contributed by atoms with Gasteiger partial charge in [-0.1, -0.05) is 49.8 Å². The van der Waals surface area contributed by atoms with E-state index in [0.29, 0.717) is 5.41 Å². The third-order valence-corrected chi connectivity index (χ3v) is 4.13. The van der Waals surface area contributed by atoms with Crippen LogP contribution >= 0.6 is 0 Å². The number of nitrogens with one attached hydrogen (secondary N) is 1. The van der Waals surface area contributed by atoms with Crippen LogP contribution in [0.25, 0.3) is 0 Å². The van der Waals surface area contributed by atoms with Gasteiger partial charge in [0.05, 0.1) is 6.54 Å². The van der Waals surface area contributed by atoms with Gasteiger partial charge in [-0.25, -0.2) is 0 Å². The zero-order valence-electron chi connectivity index (χ0n) is 11.3. The molecule has 1 heteroatoms. The van der Waals surface area contributed by atoms with Crippen LogP contribution in [0, 0.1) is 17.3 Å². The molecule has 1 N–H and O–H groups in total. The maximum atomic E-state index is 3.52. The fourth-order valence-electron chi connectivity index (χ4n) is 2.84. The summed E-state index contributed by atoms with van der Waals surface area (Å²) in [6.07, 6.45) is 6.90. The molecule has 1 aliphatic rings. The third kappa shape index (κ3) is 3.62. The van der Waals surface area contributed by atoms with Crippen LogP contribution < -0.4 is 5.32 Å². The first-order chi connectivity index (χ1) is 8.85. The Morgan fingerprint density at radius 1 is 1.17 bits per heavy atom. The number of hydrogen-bond donors (Lipinski definition) is 1. The highest BCUT2D eigenvalue weighted by atomic mass is 14.9. The summed E-state index contributed by atoms with van der Waals surface area (Å²) in [4.78, 5) is 0. The van der Waals surface area contributed by atoms with Gasteiger partial charge >= 0.3 is 0 Å². The molecule has 0 amide bonds. The molecule has 0 radical (unpaired) electrons. The van der Waals surface area contributed by atoms with E-state index in [2.05, 4.69) is 36.2 Å². The monoisotopic (exact) mass is 241 g/mol. The van der Waals surface area contributed by atoms with E-state index < -0.39 is 0 Å². The van der Waals surface area contributed by atoms with E-state index in [0.717, 1.165) is 18.7 Å². The summed E-state index contributed by atoms with van der Waals surface area (Å²) in [5.41, 5.74) is 1.67. The van der Waals surface area contributed by atoms with E-state index in [1.54, 1.807) is 0 Å². The predicted octanol–water partition coefficient (Wildman–Crippen LogP) is 3.60. The average Bonchev–Trinajstić information content (AvgIpc) is 2.89. The van der Waals surface area contributed by atoms with Gasteiger partial charge in [0.1, 0.15) is 0 Å². The smallest absolute Gasteiger partial charge is 0.0580 e. The molecule has 1 nitrogen and oxygen atoms in total. The second kappa shape index (κ2) is 6.61. The topological polar surface area (TPSA) is 12.0 Å². The fraction of sp³-hybridized carbons (Fsp3) is 0.529. The quantitative estimate of drug-likeness (QED) is 0.627. The highest BCUT2D eigenvalue weighted by molar-refractivity contribution is 5.33. The predicted molar refractivity (Wildman–Crippen MR) is 77.4 cm³/mol. The van der Waals surface area contributed by atoms with Gasteiger partial charge < -0.3 is 5.32 Å². The molecule has 2 rings (SSSR count). The van der Waals surface area contributed by atoms with Gasteiger partial charge in [0, 0.05) is 12.1 Å². The Kier molecular flexibility index (Phi) is 4.84. The Bertz CT molecular complexity index is 404. The summed E-state index contributed by atoms with van der Waals surface area (Å²) in [5, 5.41) is 3.52. The lowest BCUT2D eigenvalue weighted by Gasteiger charge is -2.27. The van der Waals surface area contributed by atoms with Crippen LogP contribution in [0.3, 0.4) is 0 Å². The maximum Gasteiger partial charge on any atom is 0.0580 e. The van der Waals surface area contributed by atoms with Crippen LogP contribution in [0.4, 0.5) is 0 Å². The van der Waals surface area contributed by atoms with Gasteiger partial charge in [-0.15, -0.1) is 0 Å². The van der Waals surface area contributed by atoms with Crippen molar-refractivity contribution in [1.82, 2.24) is 5.32 Å². The SMILES string of the molecule is CCC1(CNCC#Cc2ccccc2)CCCC1. The van der Waals surface area contributed by atoms with Crippen LogP contribution in [0.2, 0.25) is 0 Å². The molecule has 1 aliphatic carbocycles. The number of benzene rings is 1. The van der Waals surface area contributed by atoms with E-state index in [4.69, 9.17) is 0 Å². The van der Waals surface area contributed by atoms with Gasteiger partial charge in [0.25, 0.3) is 0 Å². The minimum absolute atomic E-state index is 0.564. The van der Waals surface area contributed by atoms with Crippen molar-refractivity contribution >= 4 is 0 Å². The summed E-state index contributed by atoms with van der Waals surface area (Å²) in [6.45, 7) is 4.26. The van der Waals surface area contributed by atoms with Crippen molar-refractivity contribution in [3.05, 3.63) is 35.9 Å². The van der Waals surface area contributed by atoms with Crippen molar-refractivity contribution in [2.75, 3.05) is 13.1 Å². The molecule has 0 unspecified atom stereocenters. The van der Waals surface area contributed by atoms with E-state index in [1.807, 2.05) is 18.2 Å². The molecule has 0 atom stereocenters. The summed E-state index contributed by atoms with van der Waals surface area (Å²) < 4.78 is 0. The standard InChI is InChI=1S/C17H23N/c1-2-17(12-6-7-13-17)15-18-14-8-11-16-9-4-3-5-10-16/h3-5,9-10,18H,2,6-7,12-15H2,1H3. The van der Waals surface area contributed by atoms with Crippen molar-refractivity contribution in [2.24, 2.45) is 5.41 Å². The first kappa shape index (κ1) is 13.2. The highest BCUT2D eigenvalue weighted by Crippen LogP contribution is 2.40. The lowest BCUT2D eigenvalue weighted by atomic mass is 9.83. The lowest BCUT2D eigenvalue weighted by Crippen LogP contribution is -2.31. The average molecular weight is 241 g/mol. The number of hydrogen-bond acceptors (Lipinski definition) is 1. The van der Waals surface area contributed by atoms with Gasteiger partial charge in [-0.05, 0) is 36.8 Å². The van der Waals surface area contributed by atoms with Crippen molar-refractivity contribution in [1.29, 1.82) is 0 Å². The molecule has 1 fully saturated rings. The molecule has 0 bridgehead atoms. The Hall–Kier alpha value is -1.26. The summed E-state index contributed by atoms with van der Waals surface area (Å²) in [7, 11) is 0. The second-order valence-electron chi connectivity index (χ2n) is 5.33. The minimum Gasteiger partial charge on any atom is -0.306 e. The summed E-state index contributed by atoms with van der Waals surface area (Å²) >= 11 is 0. The molecule has 0 saturated heterocycles. The molecule has 0 heterocycles. The van der Waals surface area contributed by atoms with Crippen molar-refractivity contribution in [2.45, 2.75) is 39.0 Å². The number of rotatable bonds is 4. The van der Waals surface area contributed by atoms with E-state index >= 15 is 0 Å². The van der Waals surface area contributed by atoms with Gasteiger partial charge in [0.2, 0.25) is 0 Å². The molecular weight excluding hydrogens is 218 g/mol. The molecule has 0 spiro atoms. The van der Waals surface area contributed by atoms with Crippen LogP contribution in [0.5, 0.6) is 0 Å². The fourth-order valence-corrected chi connectivity index (χ4v) is 2.84. The summed E-state index contributed by atoms with van der Waals surface area (Å²) in [6, 6.07) is 10.2. The Balaban J connectivity index is 1.75. The van der Waals surface area contributed by atoms with Gasteiger partial charge in [-0.2, -0.15) is 0 Å². The summed E-state index contributed by atoms with van der Waals surface area (Å²) in [5.74, 6) is 6.39. The third-order valence-electron chi connectivity index (χ3n) is 4.13. The highest BCUT2D eigenvalue weighted by Gasteiger charge is 2.30. The Morgan fingerprint density at radius 2 is 1.89 bits per heavy atom. The van der Waals surface area contributed by atoms with Crippen LogP contribution in [-0.2, 0) is 0 Å². The lowest BCUT2D eigenvalue weighted by molar-refractivity contribution is 0.273. The van der Waals surface area contributed by atoms with Crippen molar-refractivity contribution in [3.63, 3.8) is 0 Å². The zero-order chi connectivity index (χ0) is 12.7. The van der Waals surface area contributed by atoms with E-state index in [9.17, 15) is 0 Å². The first-order valence-electron chi connectivity index (χ1n) is 7.09. The Labute approximate surface area is 111 Å². The van der Waals surface area contributed by atoms with Gasteiger partial charge in [0.15, 0.2) is 0 Å². The molecule has 1 aromatic carbocycles. The minimum atomic E-state index is 0.564. The van der Waals surface area contributed by atoms with E-state index in [1.165, 1.54) is 32.1 Å². The van der Waals surface area contributed by atoms with Gasteiger partial charge in [-0.3, -0.25) is 0 Å². The van der Waals surface area contributed by atoms with Crippen molar-refractivity contribution < 1.29 is 0 Å². The van der Waals surface area contributed by atoms with Crippen LogP contribution in [0.1, 0.15) is 44.6 Å². The van der Waals surface area contributed by atoms with Crippen LogP contribution in [-0.4, -0.2) is 13.1 Å². The first-order valence-corrected chi connectivity index (χ1v) is 7.09. The molecule has 0 aliphatic heterocycles. The molecular formula is C17H23N. The molecule has 0 aromatic heterocycles. The Morgan fingerprint density at radius 3 is 2.56 bits per heavy atom. The molecule has 1 saturated carbocycles. The molecule has 96 valence electrons. The molecule has 1 aromatic rings. The maximum absolute atomic E-state index is 3.52. The van der Waals surface area contributed by atoms with Crippen molar-refractivity contribution in [3.8, 4) is 11.8 Å². The van der Waals surface area contributed by atoms with E-state index in [-0.39, 0.29) is 0 Å². The second-order valence-corrected chi connectivity index (χ2v) is 5.33. The van der Waals surface area contributed by atoms with Crippen LogP contribution in [0.15, 0.2) is 30.3 Å².